The molecule has 0 radical (unpaired) electrons. The summed E-state index contributed by atoms with van der Waals surface area (Å²) in [5, 5.41) is 5.08. The highest BCUT2D eigenvalue weighted by molar-refractivity contribution is 6.31. The number of rotatable bonds is 2. The van der Waals surface area contributed by atoms with E-state index in [1.54, 1.807) is 0 Å². The Morgan fingerprint density at radius 3 is 2.50 bits per heavy atom. The second-order valence-electron chi connectivity index (χ2n) is 4.36. The van der Waals surface area contributed by atoms with Gasteiger partial charge in [0.15, 0.2) is 0 Å². The third-order valence-electron chi connectivity index (χ3n) is 3.29. The first kappa shape index (κ1) is 9.99. The van der Waals surface area contributed by atoms with E-state index in [0.29, 0.717) is 5.92 Å². The zero-order valence-electron chi connectivity index (χ0n) is 8.84. The summed E-state index contributed by atoms with van der Waals surface area (Å²) >= 11 is 6.20. The van der Waals surface area contributed by atoms with E-state index in [9.17, 15) is 0 Å². The first-order valence-corrected chi connectivity index (χ1v) is 5.31. The molecule has 0 aromatic carbocycles. The molecule has 1 atom stereocenters. The molecule has 1 heterocycles. The van der Waals surface area contributed by atoms with Crippen molar-refractivity contribution in [3.8, 4) is 0 Å². The molecule has 0 amide bonds. The molecule has 0 bridgehead atoms. The topological polar surface area (TPSA) is 43.8 Å². The van der Waals surface area contributed by atoms with Crippen molar-refractivity contribution in [2.24, 2.45) is 12.8 Å². The van der Waals surface area contributed by atoms with Gasteiger partial charge in [0, 0.05) is 18.5 Å². The van der Waals surface area contributed by atoms with Crippen molar-refractivity contribution in [1.82, 2.24) is 9.78 Å². The van der Waals surface area contributed by atoms with E-state index in [1.807, 2.05) is 18.7 Å². The molecule has 1 aliphatic carbocycles. The molecule has 2 rings (SSSR count). The Morgan fingerprint density at radius 1 is 1.57 bits per heavy atom. The molecular weight excluding hydrogens is 198 g/mol. The maximum Gasteiger partial charge on any atom is 0.0850 e. The van der Waals surface area contributed by atoms with Crippen molar-refractivity contribution >= 4 is 11.6 Å². The van der Waals surface area contributed by atoms with E-state index in [2.05, 4.69) is 12.0 Å². The Morgan fingerprint density at radius 2 is 2.14 bits per heavy atom. The molecule has 4 heteroatoms. The van der Waals surface area contributed by atoms with Gasteiger partial charge >= 0.3 is 0 Å². The fourth-order valence-electron chi connectivity index (χ4n) is 1.97. The smallest absolute Gasteiger partial charge is 0.0850 e. The first-order chi connectivity index (χ1) is 6.46. The lowest BCUT2D eigenvalue weighted by atomic mass is 9.96. The molecule has 1 fully saturated rings. The van der Waals surface area contributed by atoms with E-state index in [1.165, 1.54) is 0 Å². The van der Waals surface area contributed by atoms with Gasteiger partial charge in [0.1, 0.15) is 0 Å². The van der Waals surface area contributed by atoms with Crippen molar-refractivity contribution in [1.29, 1.82) is 0 Å². The number of nitrogens with two attached hydrogens (primary N) is 1. The van der Waals surface area contributed by atoms with Crippen LogP contribution in [0.2, 0.25) is 5.02 Å². The average molecular weight is 214 g/mol. The van der Waals surface area contributed by atoms with Crippen LogP contribution in [0, 0.1) is 6.92 Å². The van der Waals surface area contributed by atoms with Crippen LogP contribution in [0.1, 0.15) is 37.1 Å². The molecule has 0 aliphatic heterocycles. The van der Waals surface area contributed by atoms with Crippen LogP contribution in [0.15, 0.2) is 0 Å². The zero-order valence-corrected chi connectivity index (χ0v) is 9.60. The maximum absolute atomic E-state index is 6.20. The minimum Gasteiger partial charge on any atom is -0.325 e. The molecule has 2 N–H and O–H groups in total. The summed E-state index contributed by atoms with van der Waals surface area (Å²) in [6.45, 7) is 4.06. The van der Waals surface area contributed by atoms with Gasteiger partial charge in [0.25, 0.3) is 0 Å². The molecule has 78 valence electrons. The van der Waals surface area contributed by atoms with Crippen LogP contribution in [0.3, 0.4) is 0 Å². The molecule has 1 aromatic heterocycles. The lowest BCUT2D eigenvalue weighted by Crippen LogP contribution is -2.30. The van der Waals surface area contributed by atoms with Gasteiger partial charge in [-0.2, -0.15) is 5.10 Å². The van der Waals surface area contributed by atoms with Crippen LogP contribution in [-0.4, -0.2) is 15.3 Å². The van der Waals surface area contributed by atoms with Gasteiger partial charge in [-0.25, -0.2) is 0 Å². The number of aryl methyl sites for hydroxylation is 2. The maximum atomic E-state index is 6.20. The number of halogens is 1. The Kier molecular flexibility index (Phi) is 2.12. The summed E-state index contributed by atoms with van der Waals surface area (Å²) < 4.78 is 1.86. The van der Waals surface area contributed by atoms with Gasteiger partial charge in [0.2, 0.25) is 0 Å². The zero-order chi connectivity index (χ0) is 10.5. The van der Waals surface area contributed by atoms with E-state index in [-0.39, 0.29) is 5.54 Å². The van der Waals surface area contributed by atoms with Crippen molar-refractivity contribution in [3.05, 3.63) is 16.4 Å². The van der Waals surface area contributed by atoms with E-state index in [0.717, 1.165) is 29.3 Å². The highest BCUT2D eigenvalue weighted by atomic mass is 35.5. The molecule has 3 nitrogen and oxygen atoms in total. The number of hydrogen-bond donors (Lipinski definition) is 1. The van der Waals surface area contributed by atoms with Crippen LogP contribution < -0.4 is 5.73 Å². The van der Waals surface area contributed by atoms with Crippen molar-refractivity contribution in [2.45, 2.75) is 38.1 Å². The van der Waals surface area contributed by atoms with Crippen molar-refractivity contribution < 1.29 is 0 Å². The quantitative estimate of drug-likeness (QED) is 0.817. The fraction of sp³-hybridized carbons (Fsp3) is 0.700. The predicted octanol–water partition coefficient (Wildman–Crippen LogP) is 1.98. The molecular formula is C10H16ClN3. The summed E-state index contributed by atoms with van der Waals surface area (Å²) in [6, 6.07) is 0. The van der Waals surface area contributed by atoms with E-state index in [4.69, 9.17) is 17.3 Å². The molecule has 0 saturated heterocycles. The van der Waals surface area contributed by atoms with Crippen molar-refractivity contribution in [3.63, 3.8) is 0 Å². The normalized spacial score (nSPS) is 20.9. The highest BCUT2D eigenvalue weighted by Gasteiger charge is 2.45. The summed E-state index contributed by atoms with van der Waals surface area (Å²) in [5.74, 6) is 0.293. The van der Waals surface area contributed by atoms with Gasteiger partial charge in [0.05, 0.1) is 16.4 Å². The number of nitrogens with zero attached hydrogens (tertiary/aromatic N) is 2. The summed E-state index contributed by atoms with van der Waals surface area (Å²) in [6.07, 6.45) is 2.18. The Balaban J connectivity index is 2.40. The van der Waals surface area contributed by atoms with Crippen LogP contribution in [0.25, 0.3) is 0 Å². The van der Waals surface area contributed by atoms with Crippen LogP contribution in [0.4, 0.5) is 0 Å². The monoisotopic (exact) mass is 213 g/mol. The molecule has 0 spiro atoms. The summed E-state index contributed by atoms with van der Waals surface area (Å²) in [7, 11) is 1.93. The minimum absolute atomic E-state index is 0.0378. The van der Waals surface area contributed by atoms with Crippen LogP contribution in [0.5, 0.6) is 0 Å². The van der Waals surface area contributed by atoms with Gasteiger partial charge in [-0.1, -0.05) is 18.5 Å². The second kappa shape index (κ2) is 2.97. The largest absolute Gasteiger partial charge is 0.325 e. The second-order valence-corrected chi connectivity index (χ2v) is 4.74. The lowest BCUT2D eigenvalue weighted by Gasteiger charge is -2.19. The molecule has 14 heavy (non-hydrogen) atoms. The summed E-state index contributed by atoms with van der Waals surface area (Å²) in [4.78, 5) is 0. The van der Waals surface area contributed by atoms with Gasteiger partial charge in [-0.3, -0.25) is 4.68 Å². The molecule has 1 aliphatic rings. The predicted molar refractivity (Wildman–Crippen MR) is 57.5 cm³/mol. The van der Waals surface area contributed by atoms with Gasteiger partial charge in [-0.15, -0.1) is 0 Å². The van der Waals surface area contributed by atoms with Crippen molar-refractivity contribution in [2.75, 3.05) is 0 Å². The van der Waals surface area contributed by atoms with Crippen LogP contribution in [-0.2, 0) is 7.05 Å². The number of aromatic nitrogens is 2. The van der Waals surface area contributed by atoms with Gasteiger partial charge in [-0.05, 0) is 19.8 Å². The average Bonchev–Trinajstić information content (AvgIpc) is 2.79. The fourth-order valence-corrected chi connectivity index (χ4v) is 2.29. The molecule has 1 saturated carbocycles. The van der Waals surface area contributed by atoms with E-state index >= 15 is 0 Å². The Bertz CT molecular complexity index is 366. The van der Waals surface area contributed by atoms with Crippen LogP contribution >= 0.6 is 11.6 Å². The SMILES string of the molecule is Cc1nn(C)c(C(C)C2(N)CC2)c1Cl. The Hall–Kier alpha value is -0.540. The summed E-state index contributed by atoms with van der Waals surface area (Å²) in [5.41, 5.74) is 8.09. The molecule has 1 unspecified atom stereocenters. The van der Waals surface area contributed by atoms with E-state index < -0.39 is 0 Å². The Labute approximate surface area is 89.2 Å². The first-order valence-electron chi connectivity index (χ1n) is 4.93. The van der Waals surface area contributed by atoms with Gasteiger partial charge < -0.3 is 5.73 Å². The standard InChI is InChI=1S/C10H16ClN3/c1-6(10(12)4-5-10)9-8(11)7(2)13-14(9)3/h6H,4-5,12H2,1-3H3. The molecule has 1 aromatic rings. The minimum atomic E-state index is -0.0378. The number of hydrogen-bond acceptors (Lipinski definition) is 2. The lowest BCUT2D eigenvalue weighted by molar-refractivity contribution is 0.517. The third kappa shape index (κ3) is 1.35. The highest BCUT2D eigenvalue weighted by Crippen LogP contribution is 2.46. The third-order valence-corrected chi connectivity index (χ3v) is 3.76.